The zero-order valence-electron chi connectivity index (χ0n) is 15.0. The molecule has 1 heterocycles. The molecule has 1 saturated heterocycles. The van der Waals surface area contributed by atoms with Gasteiger partial charge in [-0.15, -0.1) is 0 Å². The second kappa shape index (κ2) is 6.86. The smallest absolute Gasteiger partial charge is 0.329 e. The molecule has 1 fully saturated rings. The van der Waals surface area contributed by atoms with Gasteiger partial charge in [-0.1, -0.05) is 0 Å². The van der Waals surface area contributed by atoms with Crippen LogP contribution in [0, 0.1) is 0 Å². The van der Waals surface area contributed by atoms with Crippen molar-refractivity contribution in [3.63, 3.8) is 0 Å². The maximum atomic E-state index is 12.4. The van der Waals surface area contributed by atoms with Crippen molar-refractivity contribution in [2.75, 3.05) is 0 Å². The standard InChI is InChI=1S/C16H28N2O5/c1-9(22-15(2,3)4)12-13(20)17-10(8-11(19)18-12)14(21)23-16(5,6)7/h9-10,12H,8H2,1-7H3,(H,17,20)(H,18,19). The first kappa shape index (κ1) is 19.4. The molecule has 132 valence electrons. The molecule has 3 unspecified atom stereocenters. The lowest BCUT2D eigenvalue weighted by atomic mass is 10.1. The van der Waals surface area contributed by atoms with Gasteiger partial charge in [-0.3, -0.25) is 9.59 Å². The van der Waals surface area contributed by atoms with E-state index in [0.717, 1.165) is 0 Å². The minimum absolute atomic E-state index is 0.153. The van der Waals surface area contributed by atoms with E-state index in [0.29, 0.717) is 0 Å². The summed E-state index contributed by atoms with van der Waals surface area (Å²) in [5, 5.41) is 5.19. The Labute approximate surface area is 137 Å². The molecule has 3 atom stereocenters. The number of ether oxygens (including phenoxy) is 2. The fourth-order valence-corrected chi connectivity index (χ4v) is 2.27. The molecule has 0 aromatic carbocycles. The van der Waals surface area contributed by atoms with Gasteiger partial charge in [-0.25, -0.2) is 4.79 Å². The van der Waals surface area contributed by atoms with Crippen LogP contribution >= 0.6 is 0 Å². The molecule has 2 amide bonds. The lowest BCUT2D eigenvalue weighted by molar-refractivity contribution is -0.159. The summed E-state index contributed by atoms with van der Waals surface area (Å²) in [6, 6.07) is -1.84. The zero-order valence-corrected chi connectivity index (χ0v) is 15.0. The Morgan fingerprint density at radius 1 is 1.09 bits per heavy atom. The van der Waals surface area contributed by atoms with Crippen molar-refractivity contribution >= 4 is 17.8 Å². The predicted molar refractivity (Wildman–Crippen MR) is 84.6 cm³/mol. The molecular weight excluding hydrogens is 300 g/mol. The van der Waals surface area contributed by atoms with Gasteiger partial charge in [0, 0.05) is 0 Å². The molecule has 0 aromatic rings. The van der Waals surface area contributed by atoms with E-state index in [2.05, 4.69) is 10.6 Å². The van der Waals surface area contributed by atoms with Crippen LogP contribution in [-0.2, 0) is 23.9 Å². The molecule has 0 aliphatic carbocycles. The SMILES string of the molecule is CC(OC(C)(C)C)C1NC(=O)CC(C(=O)OC(C)(C)C)NC1=O. The molecule has 7 nitrogen and oxygen atoms in total. The summed E-state index contributed by atoms with van der Waals surface area (Å²) in [6.45, 7) is 12.5. The highest BCUT2D eigenvalue weighted by atomic mass is 16.6. The second-order valence-electron chi connectivity index (χ2n) is 7.78. The number of hydrogen-bond acceptors (Lipinski definition) is 5. The van der Waals surface area contributed by atoms with Crippen LogP contribution < -0.4 is 10.6 Å². The van der Waals surface area contributed by atoms with Crippen LogP contribution in [0.4, 0.5) is 0 Å². The van der Waals surface area contributed by atoms with Gasteiger partial charge >= 0.3 is 5.97 Å². The van der Waals surface area contributed by atoms with Crippen LogP contribution in [0.3, 0.4) is 0 Å². The largest absolute Gasteiger partial charge is 0.458 e. The van der Waals surface area contributed by atoms with E-state index in [4.69, 9.17) is 9.47 Å². The Balaban J connectivity index is 2.83. The van der Waals surface area contributed by atoms with Gasteiger partial charge < -0.3 is 20.1 Å². The molecule has 1 aliphatic rings. The third kappa shape index (κ3) is 6.56. The Hall–Kier alpha value is -1.63. The molecule has 0 saturated carbocycles. The van der Waals surface area contributed by atoms with Crippen molar-refractivity contribution in [1.82, 2.24) is 10.6 Å². The van der Waals surface area contributed by atoms with E-state index < -0.39 is 47.2 Å². The van der Waals surface area contributed by atoms with Gasteiger partial charge in [0.25, 0.3) is 0 Å². The summed E-state index contributed by atoms with van der Waals surface area (Å²) in [5.74, 6) is -1.47. The fraction of sp³-hybridized carbons (Fsp3) is 0.812. The highest BCUT2D eigenvalue weighted by molar-refractivity contribution is 5.96. The number of esters is 1. The van der Waals surface area contributed by atoms with Crippen molar-refractivity contribution < 1.29 is 23.9 Å². The average molecular weight is 328 g/mol. The van der Waals surface area contributed by atoms with Crippen LogP contribution in [0.2, 0.25) is 0 Å². The van der Waals surface area contributed by atoms with Gasteiger partial charge in [0.15, 0.2) is 0 Å². The Morgan fingerprint density at radius 3 is 2.13 bits per heavy atom. The van der Waals surface area contributed by atoms with E-state index in [9.17, 15) is 14.4 Å². The predicted octanol–water partition coefficient (Wildman–Crippen LogP) is 0.905. The molecule has 23 heavy (non-hydrogen) atoms. The van der Waals surface area contributed by atoms with Crippen molar-refractivity contribution in [1.29, 1.82) is 0 Å². The topological polar surface area (TPSA) is 93.7 Å². The molecule has 0 bridgehead atoms. The van der Waals surface area contributed by atoms with Crippen LogP contribution in [0.1, 0.15) is 54.9 Å². The first-order valence-electron chi connectivity index (χ1n) is 7.79. The number of carbonyl (C=O) groups is 3. The van der Waals surface area contributed by atoms with E-state index in [1.165, 1.54) is 0 Å². The number of rotatable bonds is 3. The van der Waals surface area contributed by atoms with Crippen LogP contribution in [-0.4, -0.2) is 47.2 Å². The molecule has 0 spiro atoms. The highest BCUT2D eigenvalue weighted by Gasteiger charge is 2.38. The summed E-state index contributed by atoms with van der Waals surface area (Å²) in [7, 11) is 0. The summed E-state index contributed by atoms with van der Waals surface area (Å²) in [4.78, 5) is 36.5. The summed E-state index contributed by atoms with van der Waals surface area (Å²) >= 11 is 0. The van der Waals surface area contributed by atoms with Crippen molar-refractivity contribution in [2.45, 2.75) is 84.3 Å². The molecule has 2 N–H and O–H groups in total. The van der Waals surface area contributed by atoms with Crippen molar-refractivity contribution in [3.8, 4) is 0 Å². The first-order valence-corrected chi connectivity index (χ1v) is 7.79. The van der Waals surface area contributed by atoms with Gasteiger partial charge in [-0.2, -0.15) is 0 Å². The minimum atomic E-state index is -0.992. The van der Waals surface area contributed by atoms with Gasteiger partial charge in [-0.05, 0) is 48.5 Å². The van der Waals surface area contributed by atoms with Crippen LogP contribution in [0.25, 0.3) is 0 Å². The average Bonchev–Trinajstić information content (AvgIpc) is 2.44. The molecule has 7 heteroatoms. The van der Waals surface area contributed by atoms with Crippen LogP contribution in [0.5, 0.6) is 0 Å². The van der Waals surface area contributed by atoms with E-state index in [1.807, 2.05) is 20.8 Å². The Bertz CT molecular complexity index is 476. The molecule has 0 aromatic heterocycles. The van der Waals surface area contributed by atoms with E-state index in [1.54, 1.807) is 27.7 Å². The number of nitrogens with one attached hydrogen (secondary N) is 2. The molecule has 1 aliphatic heterocycles. The monoisotopic (exact) mass is 328 g/mol. The maximum Gasteiger partial charge on any atom is 0.329 e. The fourth-order valence-electron chi connectivity index (χ4n) is 2.27. The summed E-state index contributed by atoms with van der Waals surface area (Å²) in [5.41, 5.74) is -1.14. The molecule has 0 radical (unpaired) electrons. The van der Waals surface area contributed by atoms with E-state index >= 15 is 0 Å². The third-order valence-electron chi connectivity index (χ3n) is 3.01. The quantitative estimate of drug-likeness (QED) is 0.751. The maximum absolute atomic E-state index is 12.4. The number of hydrogen-bond donors (Lipinski definition) is 2. The van der Waals surface area contributed by atoms with Crippen LogP contribution in [0.15, 0.2) is 0 Å². The molecule has 1 rings (SSSR count). The number of carbonyl (C=O) groups excluding carboxylic acids is 3. The lowest BCUT2D eigenvalue weighted by Crippen LogP contribution is -2.53. The summed E-state index contributed by atoms with van der Waals surface area (Å²) < 4.78 is 11.0. The minimum Gasteiger partial charge on any atom is -0.458 e. The lowest BCUT2D eigenvalue weighted by Gasteiger charge is -2.29. The third-order valence-corrected chi connectivity index (χ3v) is 3.01. The number of amides is 2. The highest BCUT2D eigenvalue weighted by Crippen LogP contribution is 2.16. The Kier molecular flexibility index (Phi) is 5.79. The van der Waals surface area contributed by atoms with Gasteiger partial charge in [0.2, 0.25) is 11.8 Å². The van der Waals surface area contributed by atoms with Crippen molar-refractivity contribution in [2.24, 2.45) is 0 Å². The normalized spacial score (nSPS) is 24.3. The van der Waals surface area contributed by atoms with Crippen molar-refractivity contribution in [3.05, 3.63) is 0 Å². The van der Waals surface area contributed by atoms with E-state index in [-0.39, 0.29) is 6.42 Å². The summed E-state index contributed by atoms with van der Waals surface area (Å²) in [6.07, 6.45) is -0.685. The Morgan fingerprint density at radius 2 is 1.65 bits per heavy atom. The van der Waals surface area contributed by atoms with Gasteiger partial charge in [0.1, 0.15) is 17.7 Å². The second-order valence-corrected chi connectivity index (χ2v) is 7.78. The first-order chi connectivity index (χ1) is 10.3. The van der Waals surface area contributed by atoms with Gasteiger partial charge in [0.05, 0.1) is 18.1 Å². The zero-order chi connectivity index (χ0) is 18.0. The molecular formula is C16H28N2O5.